The molecule has 2 aromatic rings. The number of esters is 1. The molecular formula is C22H26N4O3. The van der Waals surface area contributed by atoms with Crippen molar-refractivity contribution in [3.8, 4) is 0 Å². The molecule has 1 saturated heterocycles. The summed E-state index contributed by atoms with van der Waals surface area (Å²) in [6.07, 6.45) is 5.99. The standard InChI is InChI=1S/C22H26N4O3/c1-29-21(27)16-7-10-20(25-12-4-5-13-25)19(14-16)24-22(28)26(18-8-9-18)15-17-6-2-3-11-23-17/h2-3,6-7,10-11,14,18H,4-5,8-9,12-13,15H2,1H3,(H,24,28). The number of carbonyl (C=O) groups is 2. The maximum Gasteiger partial charge on any atom is 0.337 e. The molecule has 2 amide bonds. The summed E-state index contributed by atoms with van der Waals surface area (Å²) in [7, 11) is 1.36. The lowest BCUT2D eigenvalue weighted by atomic mass is 10.1. The van der Waals surface area contributed by atoms with Gasteiger partial charge in [-0.05, 0) is 56.0 Å². The van der Waals surface area contributed by atoms with Crippen molar-refractivity contribution in [2.75, 3.05) is 30.4 Å². The summed E-state index contributed by atoms with van der Waals surface area (Å²) in [5.41, 5.74) is 2.87. The van der Waals surface area contributed by atoms with Gasteiger partial charge in [0.2, 0.25) is 0 Å². The number of methoxy groups -OCH3 is 1. The van der Waals surface area contributed by atoms with E-state index in [0.717, 1.165) is 50.2 Å². The quantitative estimate of drug-likeness (QED) is 0.757. The van der Waals surface area contributed by atoms with E-state index in [9.17, 15) is 9.59 Å². The molecule has 2 fully saturated rings. The lowest BCUT2D eigenvalue weighted by molar-refractivity contribution is 0.0600. The van der Waals surface area contributed by atoms with Crippen LogP contribution in [0.2, 0.25) is 0 Å². The van der Waals surface area contributed by atoms with Crippen LogP contribution in [-0.4, -0.2) is 48.1 Å². The first kappa shape index (κ1) is 19.2. The van der Waals surface area contributed by atoms with Crippen molar-refractivity contribution >= 4 is 23.4 Å². The van der Waals surface area contributed by atoms with E-state index in [1.807, 2.05) is 29.2 Å². The third-order valence-electron chi connectivity index (χ3n) is 5.41. The Morgan fingerprint density at radius 1 is 1.21 bits per heavy atom. The highest BCUT2D eigenvalue weighted by Crippen LogP contribution is 2.33. The SMILES string of the molecule is COC(=O)c1ccc(N2CCCC2)c(NC(=O)N(Cc2ccccn2)C2CC2)c1. The number of amides is 2. The second-order valence-electron chi connectivity index (χ2n) is 7.53. The molecule has 152 valence electrons. The van der Waals surface area contributed by atoms with Gasteiger partial charge in [0.1, 0.15) is 0 Å². The number of pyridine rings is 1. The number of benzene rings is 1. The first-order valence-corrected chi connectivity index (χ1v) is 10.1. The lowest BCUT2D eigenvalue weighted by Gasteiger charge is -2.26. The molecule has 29 heavy (non-hydrogen) atoms. The average Bonchev–Trinajstić information content (AvgIpc) is 3.45. The molecule has 2 aliphatic rings. The maximum atomic E-state index is 13.2. The zero-order chi connectivity index (χ0) is 20.2. The van der Waals surface area contributed by atoms with Crippen LogP contribution in [0.25, 0.3) is 0 Å². The Bertz CT molecular complexity index is 877. The molecule has 0 bridgehead atoms. The van der Waals surface area contributed by atoms with Crippen LogP contribution in [0.3, 0.4) is 0 Å². The van der Waals surface area contributed by atoms with Crippen molar-refractivity contribution < 1.29 is 14.3 Å². The number of nitrogens with zero attached hydrogens (tertiary/aromatic N) is 3. The van der Waals surface area contributed by atoms with E-state index in [1.165, 1.54) is 7.11 Å². The zero-order valence-electron chi connectivity index (χ0n) is 16.6. The Hall–Kier alpha value is -3.09. The predicted molar refractivity (Wildman–Crippen MR) is 111 cm³/mol. The molecule has 0 radical (unpaired) electrons. The summed E-state index contributed by atoms with van der Waals surface area (Å²) in [5.74, 6) is -0.416. The van der Waals surface area contributed by atoms with Crippen LogP contribution in [0.15, 0.2) is 42.6 Å². The van der Waals surface area contributed by atoms with Gasteiger partial charge < -0.3 is 19.9 Å². The summed E-state index contributed by atoms with van der Waals surface area (Å²) in [6, 6.07) is 11.1. The molecule has 1 saturated carbocycles. The van der Waals surface area contributed by atoms with E-state index in [1.54, 1.807) is 18.3 Å². The number of aromatic nitrogens is 1. The molecule has 1 aliphatic heterocycles. The minimum atomic E-state index is -0.416. The normalized spacial score (nSPS) is 15.8. The minimum absolute atomic E-state index is 0.166. The highest BCUT2D eigenvalue weighted by Gasteiger charge is 2.33. The van der Waals surface area contributed by atoms with E-state index in [4.69, 9.17) is 4.74 Å². The van der Waals surface area contributed by atoms with Crippen LogP contribution in [0, 0.1) is 0 Å². The lowest BCUT2D eigenvalue weighted by Crippen LogP contribution is -2.37. The van der Waals surface area contributed by atoms with Gasteiger partial charge in [-0.25, -0.2) is 9.59 Å². The zero-order valence-corrected chi connectivity index (χ0v) is 16.6. The second kappa shape index (κ2) is 8.51. The Morgan fingerprint density at radius 3 is 2.66 bits per heavy atom. The van der Waals surface area contributed by atoms with Crippen LogP contribution in [0.5, 0.6) is 0 Å². The number of ether oxygens (including phenoxy) is 1. The number of carbonyl (C=O) groups excluding carboxylic acids is 2. The third kappa shape index (κ3) is 4.50. The summed E-state index contributed by atoms with van der Waals surface area (Å²) in [5, 5.41) is 3.06. The van der Waals surface area contributed by atoms with Gasteiger partial charge in [-0.3, -0.25) is 4.98 Å². The fourth-order valence-electron chi connectivity index (χ4n) is 3.72. The van der Waals surface area contributed by atoms with Crippen molar-refractivity contribution in [1.82, 2.24) is 9.88 Å². The Balaban J connectivity index is 1.58. The Labute approximate surface area is 170 Å². The molecule has 1 aliphatic carbocycles. The fourth-order valence-corrected chi connectivity index (χ4v) is 3.72. The van der Waals surface area contributed by atoms with Gasteiger partial charge in [0.15, 0.2) is 0 Å². The summed E-state index contributed by atoms with van der Waals surface area (Å²) in [6.45, 7) is 2.36. The molecule has 4 rings (SSSR count). The minimum Gasteiger partial charge on any atom is -0.465 e. The number of hydrogen-bond acceptors (Lipinski definition) is 5. The number of urea groups is 1. The Morgan fingerprint density at radius 2 is 2.00 bits per heavy atom. The summed E-state index contributed by atoms with van der Waals surface area (Å²) >= 11 is 0. The number of rotatable bonds is 6. The van der Waals surface area contributed by atoms with E-state index in [2.05, 4.69) is 15.2 Å². The first-order chi connectivity index (χ1) is 14.2. The van der Waals surface area contributed by atoms with Crippen LogP contribution in [0.4, 0.5) is 16.2 Å². The monoisotopic (exact) mass is 394 g/mol. The molecular weight excluding hydrogens is 368 g/mol. The molecule has 0 spiro atoms. The Kier molecular flexibility index (Phi) is 5.64. The van der Waals surface area contributed by atoms with Crippen molar-refractivity contribution in [1.29, 1.82) is 0 Å². The maximum absolute atomic E-state index is 13.2. The highest BCUT2D eigenvalue weighted by atomic mass is 16.5. The van der Waals surface area contributed by atoms with Gasteiger partial charge in [-0.2, -0.15) is 0 Å². The molecule has 0 atom stereocenters. The van der Waals surface area contributed by atoms with Gasteiger partial charge in [0, 0.05) is 25.3 Å². The van der Waals surface area contributed by atoms with Gasteiger partial charge in [-0.1, -0.05) is 6.07 Å². The van der Waals surface area contributed by atoms with E-state index < -0.39 is 5.97 Å². The van der Waals surface area contributed by atoms with Crippen LogP contribution < -0.4 is 10.2 Å². The van der Waals surface area contributed by atoms with Gasteiger partial charge in [0.05, 0.1) is 36.3 Å². The smallest absolute Gasteiger partial charge is 0.337 e. The summed E-state index contributed by atoms with van der Waals surface area (Å²) < 4.78 is 4.85. The van der Waals surface area contributed by atoms with E-state index in [0.29, 0.717) is 17.8 Å². The van der Waals surface area contributed by atoms with Gasteiger partial charge in [0.25, 0.3) is 0 Å². The largest absolute Gasteiger partial charge is 0.465 e. The molecule has 1 aromatic carbocycles. The van der Waals surface area contributed by atoms with Crippen LogP contribution >= 0.6 is 0 Å². The molecule has 0 unspecified atom stereocenters. The summed E-state index contributed by atoms with van der Waals surface area (Å²) in [4.78, 5) is 33.6. The molecule has 1 aromatic heterocycles. The predicted octanol–water partition coefficient (Wildman–Crippen LogP) is 3.66. The first-order valence-electron chi connectivity index (χ1n) is 10.1. The number of hydrogen-bond donors (Lipinski definition) is 1. The van der Waals surface area contributed by atoms with Crippen LogP contribution in [-0.2, 0) is 11.3 Å². The topological polar surface area (TPSA) is 74.8 Å². The van der Waals surface area contributed by atoms with Gasteiger partial charge >= 0.3 is 12.0 Å². The second-order valence-corrected chi connectivity index (χ2v) is 7.53. The van der Waals surface area contributed by atoms with E-state index in [-0.39, 0.29) is 12.1 Å². The molecule has 1 N–H and O–H groups in total. The van der Waals surface area contributed by atoms with Crippen molar-refractivity contribution in [2.24, 2.45) is 0 Å². The fraction of sp³-hybridized carbons (Fsp3) is 0.409. The van der Waals surface area contributed by atoms with Crippen molar-refractivity contribution in [3.63, 3.8) is 0 Å². The molecule has 2 heterocycles. The molecule has 7 heteroatoms. The highest BCUT2D eigenvalue weighted by molar-refractivity contribution is 5.97. The van der Waals surface area contributed by atoms with E-state index >= 15 is 0 Å². The third-order valence-corrected chi connectivity index (χ3v) is 5.41. The van der Waals surface area contributed by atoms with Crippen molar-refractivity contribution in [3.05, 3.63) is 53.9 Å². The van der Waals surface area contributed by atoms with Crippen LogP contribution in [0.1, 0.15) is 41.7 Å². The van der Waals surface area contributed by atoms with Crippen molar-refractivity contribution in [2.45, 2.75) is 38.3 Å². The van der Waals surface area contributed by atoms with Gasteiger partial charge in [-0.15, -0.1) is 0 Å². The average molecular weight is 394 g/mol. The molecule has 7 nitrogen and oxygen atoms in total. The number of nitrogens with one attached hydrogen (secondary N) is 1. The number of anilines is 2.